The highest BCUT2D eigenvalue weighted by Gasteiger charge is 2.32. The lowest BCUT2D eigenvalue weighted by Gasteiger charge is -2.29. The van der Waals surface area contributed by atoms with Crippen LogP contribution in [0.5, 0.6) is 0 Å². The number of allylic oxidation sites excluding steroid dienone is 1. The van der Waals surface area contributed by atoms with Gasteiger partial charge in [0.25, 0.3) is 0 Å². The summed E-state index contributed by atoms with van der Waals surface area (Å²) in [6.45, 7) is 8.61. The van der Waals surface area contributed by atoms with Crippen molar-refractivity contribution in [3.05, 3.63) is 153 Å². The molecule has 3 nitrogen and oxygen atoms in total. The fraction of sp³-hybridized carbons (Fsp3) is 0.100. The lowest BCUT2D eigenvalue weighted by Crippen LogP contribution is -2.13. The summed E-state index contributed by atoms with van der Waals surface area (Å²) in [5.74, 6) is -0.393. The van der Waals surface area contributed by atoms with Crippen molar-refractivity contribution in [1.29, 1.82) is 0 Å². The lowest BCUT2D eigenvalue weighted by atomic mass is 10.0. The van der Waals surface area contributed by atoms with Gasteiger partial charge in [0.05, 0.1) is 5.57 Å². The van der Waals surface area contributed by atoms with E-state index in [2.05, 4.69) is 111 Å². The van der Waals surface area contributed by atoms with Crippen LogP contribution in [-0.2, 0) is 0 Å². The summed E-state index contributed by atoms with van der Waals surface area (Å²) >= 11 is 1.58. The first-order chi connectivity index (χ1) is 21.3. The number of hydrogen-bond donors (Lipinski definition) is 0. The Labute approximate surface area is 261 Å². The molecule has 0 saturated carbocycles. The molecule has 0 bridgehead atoms. The summed E-state index contributed by atoms with van der Waals surface area (Å²) in [7, 11) is 0. The van der Waals surface area contributed by atoms with Crippen molar-refractivity contribution >= 4 is 56.8 Å². The maximum absolute atomic E-state index is 12.9. The zero-order valence-corrected chi connectivity index (χ0v) is 26.0. The van der Waals surface area contributed by atoms with Gasteiger partial charge in [0.15, 0.2) is 11.6 Å². The average Bonchev–Trinajstić information content (AvgIpc) is 3.58. The van der Waals surface area contributed by atoms with Crippen LogP contribution in [0, 0.1) is 27.7 Å². The number of fused-ring (bicyclic) bond motifs is 2. The smallest absolute Gasteiger partial charge is 0.197 e. The van der Waals surface area contributed by atoms with Gasteiger partial charge in [-0.1, -0.05) is 77.9 Å². The molecule has 0 aliphatic heterocycles. The van der Waals surface area contributed by atoms with E-state index in [-0.39, 0.29) is 17.1 Å². The number of aryl methyl sites for hydroxylation is 4. The number of nitrogens with zero attached hydrogens (tertiary/aromatic N) is 1. The minimum atomic E-state index is -0.197. The second-order valence-corrected chi connectivity index (χ2v) is 12.7. The zero-order valence-electron chi connectivity index (χ0n) is 25.1. The quantitative estimate of drug-likeness (QED) is 0.148. The second-order valence-electron chi connectivity index (χ2n) is 11.6. The standard InChI is InChI=1S/C40H31NO2S/c1-24-9-16-36(26(3)19-24)41(37-17-10-25(2)20-27(37)4)31-14-13-28-21-30(12-11-29(28)22-31)38-18-15-32(44-38)23-35-39(42)33-7-5-6-8-34(33)40(35)43/h5-23H,1-4H3. The van der Waals surface area contributed by atoms with Crippen LogP contribution in [0.3, 0.4) is 0 Å². The van der Waals surface area contributed by atoms with Crippen LogP contribution in [0.1, 0.15) is 47.8 Å². The van der Waals surface area contributed by atoms with E-state index in [0.717, 1.165) is 31.8 Å². The van der Waals surface area contributed by atoms with Crippen LogP contribution in [0.4, 0.5) is 17.1 Å². The Balaban J connectivity index is 1.23. The zero-order chi connectivity index (χ0) is 30.5. The Morgan fingerprint density at radius 1 is 0.591 bits per heavy atom. The molecule has 0 amide bonds. The fourth-order valence-corrected chi connectivity index (χ4v) is 7.12. The second kappa shape index (κ2) is 10.9. The average molecular weight is 590 g/mol. The molecule has 4 heteroatoms. The van der Waals surface area contributed by atoms with Crippen molar-refractivity contribution in [3.63, 3.8) is 0 Å². The van der Waals surface area contributed by atoms with E-state index in [1.807, 2.05) is 6.07 Å². The van der Waals surface area contributed by atoms with Crippen molar-refractivity contribution in [1.82, 2.24) is 0 Å². The van der Waals surface area contributed by atoms with E-state index in [1.54, 1.807) is 41.7 Å². The molecule has 1 aliphatic rings. The fourth-order valence-electron chi connectivity index (χ4n) is 6.18. The largest absolute Gasteiger partial charge is 0.310 e. The topological polar surface area (TPSA) is 37.4 Å². The van der Waals surface area contributed by atoms with Crippen LogP contribution in [0.2, 0.25) is 0 Å². The van der Waals surface area contributed by atoms with Crippen molar-refractivity contribution in [2.24, 2.45) is 0 Å². The Morgan fingerprint density at radius 3 is 1.80 bits per heavy atom. The first kappa shape index (κ1) is 27.8. The third kappa shape index (κ3) is 4.87. The number of ketones is 2. The molecule has 6 aromatic rings. The molecular formula is C40H31NO2S. The Kier molecular flexibility index (Phi) is 6.87. The Morgan fingerprint density at radius 2 is 1.18 bits per heavy atom. The van der Waals surface area contributed by atoms with Crippen LogP contribution >= 0.6 is 11.3 Å². The van der Waals surface area contributed by atoms with Gasteiger partial charge < -0.3 is 4.90 Å². The van der Waals surface area contributed by atoms with Gasteiger partial charge >= 0.3 is 0 Å². The summed E-state index contributed by atoms with van der Waals surface area (Å²) in [6.07, 6.45) is 1.74. The molecule has 0 N–H and O–H groups in total. The highest BCUT2D eigenvalue weighted by molar-refractivity contribution is 7.16. The molecule has 1 aliphatic carbocycles. The van der Waals surface area contributed by atoms with Crippen molar-refractivity contribution < 1.29 is 9.59 Å². The van der Waals surface area contributed by atoms with E-state index in [0.29, 0.717) is 11.1 Å². The van der Waals surface area contributed by atoms with Gasteiger partial charge in [0.1, 0.15) is 0 Å². The Bertz CT molecular complexity index is 2080. The molecule has 1 heterocycles. The normalized spacial score (nSPS) is 12.6. The number of benzene rings is 5. The monoisotopic (exact) mass is 589 g/mol. The molecule has 7 rings (SSSR count). The van der Waals surface area contributed by atoms with Gasteiger partial charge in [-0.15, -0.1) is 11.3 Å². The first-order valence-electron chi connectivity index (χ1n) is 14.8. The van der Waals surface area contributed by atoms with E-state index in [4.69, 9.17) is 0 Å². The molecule has 44 heavy (non-hydrogen) atoms. The molecule has 1 aromatic heterocycles. The number of carbonyl (C=O) groups excluding carboxylic acids is 2. The first-order valence-corrected chi connectivity index (χ1v) is 15.6. The van der Waals surface area contributed by atoms with Crippen molar-refractivity contribution in [2.75, 3.05) is 4.90 Å². The number of anilines is 3. The molecular weight excluding hydrogens is 559 g/mol. The Hall–Kier alpha value is -5.06. The van der Waals surface area contributed by atoms with E-state index in [9.17, 15) is 9.59 Å². The molecule has 0 radical (unpaired) electrons. The van der Waals surface area contributed by atoms with Crippen LogP contribution in [0.25, 0.3) is 27.3 Å². The maximum atomic E-state index is 12.9. The maximum Gasteiger partial charge on any atom is 0.197 e. The van der Waals surface area contributed by atoms with Gasteiger partial charge in [-0.05, 0) is 104 Å². The molecule has 0 unspecified atom stereocenters. The lowest BCUT2D eigenvalue weighted by molar-refractivity contribution is 0.0990. The number of Topliss-reactive ketones (excluding diaryl/α,β-unsaturated/α-hetero) is 2. The molecule has 0 spiro atoms. The SMILES string of the molecule is Cc1ccc(N(c2ccc3cc(-c4ccc(C=C5C(=O)c6ccccc6C5=O)s4)ccc3c2)c2ccc(C)cc2C)c(C)c1. The van der Waals surface area contributed by atoms with Gasteiger partial charge in [-0.2, -0.15) is 0 Å². The number of thiophene rings is 1. The number of hydrogen-bond acceptors (Lipinski definition) is 4. The predicted molar refractivity (Wildman–Crippen MR) is 184 cm³/mol. The van der Waals surface area contributed by atoms with Crippen molar-refractivity contribution in [3.8, 4) is 10.4 Å². The highest BCUT2D eigenvalue weighted by atomic mass is 32.1. The molecule has 5 aromatic carbocycles. The number of rotatable bonds is 5. The summed E-state index contributed by atoms with van der Waals surface area (Å²) in [6, 6.07) is 37.5. The van der Waals surface area contributed by atoms with Gasteiger partial charge in [0, 0.05) is 37.9 Å². The number of carbonyl (C=O) groups is 2. The van der Waals surface area contributed by atoms with Crippen LogP contribution in [-0.4, -0.2) is 11.6 Å². The van der Waals surface area contributed by atoms with Crippen LogP contribution < -0.4 is 4.90 Å². The predicted octanol–water partition coefficient (Wildman–Crippen LogP) is 10.7. The summed E-state index contributed by atoms with van der Waals surface area (Å²) in [4.78, 5) is 30.1. The van der Waals surface area contributed by atoms with E-state index in [1.165, 1.54) is 33.6 Å². The van der Waals surface area contributed by atoms with E-state index >= 15 is 0 Å². The van der Waals surface area contributed by atoms with Crippen LogP contribution in [0.15, 0.2) is 115 Å². The summed E-state index contributed by atoms with van der Waals surface area (Å²) < 4.78 is 0. The minimum absolute atomic E-state index is 0.197. The molecule has 0 saturated heterocycles. The molecule has 214 valence electrons. The molecule has 0 atom stereocenters. The highest BCUT2D eigenvalue weighted by Crippen LogP contribution is 2.41. The minimum Gasteiger partial charge on any atom is -0.310 e. The van der Waals surface area contributed by atoms with Crippen molar-refractivity contribution in [2.45, 2.75) is 27.7 Å². The van der Waals surface area contributed by atoms with Gasteiger partial charge in [-0.3, -0.25) is 9.59 Å². The van der Waals surface area contributed by atoms with Gasteiger partial charge in [-0.25, -0.2) is 0 Å². The third-order valence-electron chi connectivity index (χ3n) is 8.37. The third-order valence-corrected chi connectivity index (χ3v) is 9.45. The molecule has 0 fully saturated rings. The summed E-state index contributed by atoms with van der Waals surface area (Å²) in [5, 5.41) is 2.31. The summed E-state index contributed by atoms with van der Waals surface area (Å²) in [5.41, 5.74) is 10.7. The van der Waals surface area contributed by atoms with Gasteiger partial charge in [0.2, 0.25) is 0 Å². The van der Waals surface area contributed by atoms with E-state index < -0.39 is 0 Å².